The molecule has 27 heavy (non-hydrogen) atoms. The van der Waals surface area contributed by atoms with E-state index in [1.54, 1.807) is 19.0 Å². The second-order valence-corrected chi connectivity index (χ2v) is 7.92. The van der Waals surface area contributed by atoms with Crippen molar-refractivity contribution in [2.45, 2.75) is 24.6 Å². The molecule has 3 rings (SSSR count). The number of rotatable bonds is 4. The van der Waals surface area contributed by atoms with Crippen LogP contribution >= 0.6 is 11.8 Å². The molecule has 0 spiro atoms. The number of amides is 4. The number of nitrogens with one attached hydrogen (secondary N) is 3. The first-order chi connectivity index (χ1) is 12.8. The van der Waals surface area contributed by atoms with Crippen LogP contribution in [-0.2, 0) is 9.59 Å². The second kappa shape index (κ2) is 7.87. The van der Waals surface area contributed by atoms with Crippen LogP contribution in [0.3, 0.4) is 0 Å². The molecule has 2 fully saturated rings. The first-order valence-electron chi connectivity index (χ1n) is 8.79. The van der Waals surface area contributed by atoms with Crippen LogP contribution in [0.25, 0.3) is 0 Å². The van der Waals surface area contributed by atoms with Crippen LogP contribution in [0.4, 0.5) is 4.79 Å². The Kier molecular flexibility index (Phi) is 5.73. The maximum Gasteiger partial charge on any atom is 0.327 e. The summed E-state index contributed by atoms with van der Waals surface area (Å²) in [5.74, 6) is -0.620. The van der Waals surface area contributed by atoms with Gasteiger partial charge in [-0.3, -0.25) is 25.1 Å². The topological polar surface area (TPSA) is 93.8 Å². The minimum atomic E-state index is -0.493. The number of aryl methyl sites for hydroxylation is 1. The molecule has 2 heterocycles. The lowest BCUT2D eigenvalue weighted by molar-refractivity contribution is -0.140. The second-order valence-electron chi connectivity index (χ2n) is 6.79. The summed E-state index contributed by atoms with van der Waals surface area (Å²) in [4.78, 5) is 39.7. The number of hydrogen-bond donors (Lipinski definition) is 3. The molecule has 0 saturated carbocycles. The fraction of sp³-hybridized carbons (Fsp3) is 0.500. The van der Waals surface area contributed by atoms with Gasteiger partial charge >= 0.3 is 6.03 Å². The lowest BCUT2D eigenvalue weighted by Crippen LogP contribution is -2.72. The van der Waals surface area contributed by atoms with Crippen molar-refractivity contribution in [2.75, 3.05) is 26.9 Å². The number of carbonyl (C=O) groups excluding carboxylic acids is 3. The van der Waals surface area contributed by atoms with Crippen molar-refractivity contribution in [1.82, 2.24) is 25.8 Å². The van der Waals surface area contributed by atoms with E-state index in [2.05, 4.69) is 16.0 Å². The van der Waals surface area contributed by atoms with Gasteiger partial charge in [0.05, 0.1) is 29.4 Å². The molecule has 0 radical (unpaired) electrons. The van der Waals surface area contributed by atoms with Crippen LogP contribution in [0.5, 0.6) is 0 Å². The lowest BCUT2D eigenvalue weighted by atomic mass is 9.95. The highest BCUT2D eigenvalue weighted by molar-refractivity contribution is 8.00. The Hall–Kier alpha value is -2.10. The van der Waals surface area contributed by atoms with E-state index >= 15 is 0 Å². The molecule has 4 amide bonds. The maximum atomic E-state index is 12.8. The summed E-state index contributed by atoms with van der Waals surface area (Å²) in [7, 11) is 4.77. The molecule has 4 unspecified atom stereocenters. The van der Waals surface area contributed by atoms with Gasteiger partial charge in [-0.1, -0.05) is 24.3 Å². The van der Waals surface area contributed by atoms with Crippen LogP contribution in [-0.4, -0.2) is 66.1 Å². The highest BCUT2D eigenvalue weighted by Gasteiger charge is 2.51. The van der Waals surface area contributed by atoms with E-state index < -0.39 is 12.1 Å². The van der Waals surface area contributed by atoms with E-state index in [1.165, 1.54) is 18.8 Å². The highest BCUT2D eigenvalue weighted by Crippen LogP contribution is 2.34. The zero-order valence-corrected chi connectivity index (χ0v) is 16.7. The first-order valence-corrected chi connectivity index (χ1v) is 9.84. The van der Waals surface area contributed by atoms with Crippen molar-refractivity contribution in [3.05, 3.63) is 35.4 Å². The van der Waals surface area contributed by atoms with Gasteiger partial charge in [0.15, 0.2) is 0 Å². The van der Waals surface area contributed by atoms with Gasteiger partial charge < -0.3 is 10.2 Å². The van der Waals surface area contributed by atoms with Crippen LogP contribution in [0.15, 0.2) is 24.3 Å². The molecule has 2 aliphatic rings. The molecule has 146 valence electrons. The number of benzene rings is 1. The first kappa shape index (κ1) is 19.7. The molecule has 4 atom stereocenters. The van der Waals surface area contributed by atoms with E-state index in [0.29, 0.717) is 0 Å². The van der Waals surface area contributed by atoms with Gasteiger partial charge in [0.1, 0.15) is 0 Å². The molecule has 1 aromatic rings. The number of imide groups is 1. The quantitative estimate of drug-likeness (QED) is 0.690. The Bertz CT molecular complexity index is 758. The summed E-state index contributed by atoms with van der Waals surface area (Å²) in [6.45, 7) is 2.02. The fourth-order valence-electron chi connectivity index (χ4n) is 3.53. The minimum Gasteiger partial charge on any atom is -0.358 e. The Labute approximate surface area is 163 Å². The van der Waals surface area contributed by atoms with E-state index in [4.69, 9.17) is 0 Å². The highest BCUT2D eigenvalue weighted by atomic mass is 32.2. The summed E-state index contributed by atoms with van der Waals surface area (Å²) in [6.07, 6.45) is -0.685. The summed E-state index contributed by atoms with van der Waals surface area (Å²) >= 11 is 1.38. The van der Waals surface area contributed by atoms with E-state index in [0.717, 1.165) is 16.0 Å². The van der Waals surface area contributed by atoms with Gasteiger partial charge in [0.2, 0.25) is 11.8 Å². The smallest absolute Gasteiger partial charge is 0.327 e. The van der Waals surface area contributed by atoms with E-state index in [1.807, 2.05) is 31.2 Å². The lowest BCUT2D eigenvalue weighted by Gasteiger charge is -2.50. The van der Waals surface area contributed by atoms with E-state index in [9.17, 15) is 14.4 Å². The Morgan fingerprint density at radius 3 is 2.59 bits per heavy atom. The minimum absolute atomic E-state index is 0.106. The molecule has 1 aromatic carbocycles. The van der Waals surface area contributed by atoms with Crippen molar-refractivity contribution >= 4 is 29.6 Å². The largest absolute Gasteiger partial charge is 0.358 e. The van der Waals surface area contributed by atoms with Gasteiger partial charge in [0.25, 0.3) is 0 Å². The third-order valence-corrected chi connectivity index (χ3v) is 6.35. The monoisotopic (exact) mass is 391 g/mol. The average Bonchev–Trinajstić information content (AvgIpc) is 2.68. The van der Waals surface area contributed by atoms with Gasteiger partial charge in [-0.2, -0.15) is 0 Å². The van der Waals surface area contributed by atoms with E-state index in [-0.39, 0.29) is 35.1 Å². The number of thioether (sulfide) groups is 1. The van der Waals surface area contributed by atoms with Gasteiger partial charge in [-0.05, 0) is 18.1 Å². The zero-order chi connectivity index (χ0) is 19.7. The summed E-state index contributed by atoms with van der Waals surface area (Å²) < 4.78 is 0. The molecule has 2 saturated heterocycles. The number of nitrogens with zero attached hydrogens (tertiary/aromatic N) is 2. The molecule has 0 aromatic heterocycles. The SMILES string of the molecule is CNC(=O)CSC1NC(c2ccccc2C)NC2C1C(=O)N(C)C(=O)N2C. The third kappa shape index (κ3) is 3.67. The zero-order valence-electron chi connectivity index (χ0n) is 15.9. The Morgan fingerprint density at radius 2 is 1.93 bits per heavy atom. The van der Waals surface area contributed by atoms with Crippen LogP contribution in [0.2, 0.25) is 0 Å². The van der Waals surface area contributed by atoms with Crippen molar-refractivity contribution in [3.63, 3.8) is 0 Å². The molecule has 2 aliphatic heterocycles. The Morgan fingerprint density at radius 1 is 1.22 bits per heavy atom. The van der Waals surface area contributed by atoms with Crippen LogP contribution in [0.1, 0.15) is 17.3 Å². The third-order valence-electron chi connectivity index (χ3n) is 5.13. The standard InChI is InChI=1S/C18H25N5O3S/c1-10-7-5-6-8-11(10)14-20-15-13(16(21-14)27-9-12(24)19-2)17(25)23(4)18(26)22(15)3/h5-8,13-16,20-21H,9H2,1-4H3,(H,19,24). The summed E-state index contributed by atoms with van der Waals surface area (Å²) in [5, 5.41) is 9.16. The molecular weight excluding hydrogens is 366 g/mol. The normalized spacial score (nSPS) is 28.1. The van der Waals surface area contributed by atoms with Gasteiger partial charge in [-0.25, -0.2) is 4.79 Å². The van der Waals surface area contributed by atoms with Crippen molar-refractivity contribution < 1.29 is 14.4 Å². The predicted octanol–water partition coefficient (Wildman–Crippen LogP) is 0.458. The molecule has 9 heteroatoms. The number of hydrogen-bond acceptors (Lipinski definition) is 6. The number of carbonyl (C=O) groups is 3. The molecular formula is C18H25N5O3S. The summed E-state index contributed by atoms with van der Waals surface area (Å²) in [6, 6.07) is 7.62. The molecule has 3 N–H and O–H groups in total. The molecule has 0 aliphatic carbocycles. The van der Waals surface area contributed by atoms with Crippen molar-refractivity contribution in [3.8, 4) is 0 Å². The maximum absolute atomic E-state index is 12.8. The van der Waals surface area contributed by atoms with Gasteiger partial charge in [0, 0.05) is 21.1 Å². The van der Waals surface area contributed by atoms with Gasteiger partial charge in [-0.15, -0.1) is 11.8 Å². The molecule has 0 bridgehead atoms. The van der Waals surface area contributed by atoms with Crippen LogP contribution in [0, 0.1) is 12.8 Å². The average molecular weight is 391 g/mol. The number of urea groups is 1. The van der Waals surface area contributed by atoms with Crippen LogP contribution < -0.4 is 16.0 Å². The van der Waals surface area contributed by atoms with Crippen molar-refractivity contribution in [1.29, 1.82) is 0 Å². The summed E-state index contributed by atoms with van der Waals surface area (Å²) in [5.41, 5.74) is 2.15. The van der Waals surface area contributed by atoms with Crippen molar-refractivity contribution in [2.24, 2.45) is 5.92 Å². The fourth-order valence-corrected chi connectivity index (χ4v) is 4.71. The predicted molar refractivity (Wildman–Crippen MR) is 104 cm³/mol. The number of fused-ring (bicyclic) bond motifs is 1. The Balaban J connectivity index is 1.93. The molecule has 8 nitrogen and oxygen atoms in total.